The van der Waals surface area contributed by atoms with Gasteiger partial charge in [0.2, 0.25) is 11.8 Å². The molecule has 0 aliphatic carbocycles. The van der Waals surface area contributed by atoms with E-state index in [-0.39, 0.29) is 48.9 Å². The Morgan fingerprint density at radius 2 is 1.52 bits per heavy atom. The molecule has 0 bridgehead atoms. The average Bonchev–Trinajstić information content (AvgIpc) is 3.40. The molecule has 0 aromatic carbocycles. The molecule has 4 rings (SSSR count). The van der Waals surface area contributed by atoms with Gasteiger partial charge in [-0.05, 0) is 34.6 Å². The zero-order valence-corrected chi connectivity index (χ0v) is 19.5. The van der Waals surface area contributed by atoms with Gasteiger partial charge in [-0.2, -0.15) is 0 Å². The van der Waals surface area contributed by atoms with Crippen molar-refractivity contribution >= 4 is 24.0 Å². The number of carbonyl (C=O) groups is 4. The summed E-state index contributed by atoms with van der Waals surface area (Å²) in [5.41, 5.74) is -2.07. The number of nitrogens with one attached hydrogen (secondary N) is 3. The number of amides is 4. The molecule has 0 spiro atoms. The smallest absolute Gasteiger partial charge is 0.409 e. The van der Waals surface area contributed by atoms with Crippen molar-refractivity contribution in [1.82, 2.24) is 20.9 Å². The van der Waals surface area contributed by atoms with Gasteiger partial charge in [0, 0.05) is 11.8 Å². The Labute approximate surface area is 192 Å². The molecular formula is C21H32N4O8. The molecule has 0 unspecified atom stereocenters. The summed E-state index contributed by atoms with van der Waals surface area (Å²) in [7, 11) is 0. The van der Waals surface area contributed by atoms with Crippen LogP contribution in [-0.4, -0.2) is 90.8 Å². The second-order valence-electron chi connectivity index (χ2n) is 10.4. The predicted octanol–water partition coefficient (Wildman–Crippen LogP) is -0.287. The second kappa shape index (κ2) is 8.32. The largest absolute Gasteiger partial charge is 0.444 e. The fourth-order valence-corrected chi connectivity index (χ4v) is 5.03. The number of alkyl carbamates (subject to hydrolysis) is 2. The fraction of sp³-hybridized carbons (Fsp3) is 0.810. The number of ether oxygens (including phenoxy) is 4. The quantitative estimate of drug-likeness (QED) is 0.511. The fourth-order valence-electron chi connectivity index (χ4n) is 5.03. The van der Waals surface area contributed by atoms with Crippen LogP contribution in [0.5, 0.6) is 0 Å². The molecule has 0 saturated carbocycles. The molecule has 4 heterocycles. The maximum Gasteiger partial charge on any atom is 0.409 e. The molecule has 4 amide bonds. The van der Waals surface area contributed by atoms with E-state index in [0.717, 1.165) is 0 Å². The summed E-state index contributed by atoms with van der Waals surface area (Å²) in [6.45, 7) is 9.68. The predicted molar refractivity (Wildman–Crippen MR) is 112 cm³/mol. The van der Waals surface area contributed by atoms with Crippen molar-refractivity contribution in [2.75, 3.05) is 26.4 Å². The summed E-state index contributed by atoms with van der Waals surface area (Å²) >= 11 is 0. The minimum atomic E-state index is -1.36. The van der Waals surface area contributed by atoms with Crippen LogP contribution >= 0.6 is 0 Å². The van der Waals surface area contributed by atoms with E-state index in [1.54, 1.807) is 34.6 Å². The van der Waals surface area contributed by atoms with E-state index in [9.17, 15) is 19.2 Å². The molecule has 33 heavy (non-hydrogen) atoms. The van der Waals surface area contributed by atoms with Crippen LogP contribution in [0.4, 0.5) is 9.59 Å². The third-order valence-electron chi connectivity index (χ3n) is 6.39. The SMILES string of the molecule is CC(C)(C)OC(=O)N[C@H]1C(=O)N(C(C)(C)OC(=O)N[C@@H]2C(=O)N[C@@H]3COC[C@H]23)[C@H]2COC[C@@H]12. The van der Waals surface area contributed by atoms with E-state index >= 15 is 0 Å². The lowest BCUT2D eigenvalue weighted by Gasteiger charge is -2.38. The zero-order chi connectivity index (χ0) is 24.1. The molecule has 3 N–H and O–H groups in total. The lowest BCUT2D eigenvalue weighted by atomic mass is 9.99. The van der Waals surface area contributed by atoms with Gasteiger partial charge in [-0.15, -0.1) is 0 Å². The number of hydrogen-bond donors (Lipinski definition) is 3. The number of nitrogens with zero attached hydrogens (tertiary/aromatic N) is 1. The maximum absolute atomic E-state index is 13.3. The number of rotatable bonds is 4. The van der Waals surface area contributed by atoms with Gasteiger partial charge < -0.3 is 34.9 Å². The number of likely N-dealkylation sites (tertiary alicyclic amines) is 1. The van der Waals surface area contributed by atoms with Crippen LogP contribution in [0.15, 0.2) is 0 Å². The lowest BCUT2D eigenvalue weighted by molar-refractivity contribution is -0.155. The van der Waals surface area contributed by atoms with Gasteiger partial charge in [-0.3, -0.25) is 14.5 Å². The Balaban J connectivity index is 1.43. The van der Waals surface area contributed by atoms with Gasteiger partial charge in [0.05, 0.1) is 38.5 Å². The molecule has 184 valence electrons. The highest BCUT2D eigenvalue weighted by Crippen LogP contribution is 2.37. The van der Waals surface area contributed by atoms with Crippen LogP contribution in [0.3, 0.4) is 0 Å². The summed E-state index contributed by atoms with van der Waals surface area (Å²) in [5, 5.41) is 8.06. The summed E-state index contributed by atoms with van der Waals surface area (Å²) in [6.07, 6.45) is -1.52. The van der Waals surface area contributed by atoms with Gasteiger partial charge in [0.1, 0.15) is 17.7 Å². The first-order valence-corrected chi connectivity index (χ1v) is 11.2. The minimum absolute atomic E-state index is 0.132. The van der Waals surface area contributed by atoms with Crippen LogP contribution in [0.25, 0.3) is 0 Å². The highest BCUT2D eigenvalue weighted by molar-refractivity contribution is 5.90. The van der Waals surface area contributed by atoms with Crippen molar-refractivity contribution in [3.63, 3.8) is 0 Å². The van der Waals surface area contributed by atoms with Crippen LogP contribution in [0.1, 0.15) is 34.6 Å². The van der Waals surface area contributed by atoms with Gasteiger partial charge in [0.25, 0.3) is 0 Å². The number of hydrogen-bond acceptors (Lipinski definition) is 8. The molecule has 4 saturated heterocycles. The summed E-state index contributed by atoms with van der Waals surface area (Å²) in [4.78, 5) is 52.0. The van der Waals surface area contributed by atoms with Gasteiger partial charge in [0.15, 0.2) is 5.72 Å². The molecule has 12 heteroatoms. The van der Waals surface area contributed by atoms with Crippen LogP contribution < -0.4 is 16.0 Å². The highest BCUT2D eigenvalue weighted by Gasteiger charge is 2.57. The monoisotopic (exact) mass is 468 g/mol. The number of fused-ring (bicyclic) bond motifs is 2. The maximum atomic E-state index is 13.3. The Bertz CT molecular complexity index is 841. The summed E-state index contributed by atoms with van der Waals surface area (Å²) < 4.78 is 21.9. The van der Waals surface area contributed by atoms with Crippen LogP contribution in [-0.2, 0) is 28.5 Å². The van der Waals surface area contributed by atoms with Crippen molar-refractivity contribution in [2.24, 2.45) is 11.8 Å². The van der Waals surface area contributed by atoms with Gasteiger partial charge in [-0.25, -0.2) is 9.59 Å². The Hall–Kier alpha value is -2.60. The molecule has 6 atom stereocenters. The topological polar surface area (TPSA) is 145 Å². The standard InChI is InChI=1S/C21H32N4O8/c1-20(2,3)32-18(28)24-15-11-7-31-9-13(11)25(17(15)27)21(4,5)33-19(29)23-14-10-6-30-8-12(10)22-16(14)26/h10-15H,6-9H2,1-5H3,(H,22,26)(H,23,29)(H,24,28)/t10-,11+,12+,13-,14-,15+/m0/s1. The van der Waals surface area contributed by atoms with Crippen molar-refractivity contribution in [1.29, 1.82) is 0 Å². The molecule has 4 aliphatic heterocycles. The van der Waals surface area contributed by atoms with E-state index in [2.05, 4.69) is 16.0 Å². The van der Waals surface area contributed by atoms with Crippen LogP contribution in [0.2, 0.25) is 0 Å². The van der Waals surface area contributed by atoms with Crippen molar-refractivity contribution in [2.45, 2.75) is 70.1 Å². The highest BCUT2D eigenvalue weighted by atomic mass is 16.6. The summed E-state index contributed by atoms with van der Waals surface area (Å²) in [6, 6.07) is -2.15. The molecule has 4 aliphatic rings. The van der Waals surface area contributed by atoms with E-state index < -0.39 is 35.6 Å². The Kier molecular flexibility index (Phi) is 5.94. The molecule has 0 aromatic heterocycles. The third-order valence-corrected chi connectivity index (χ3v) is 6.39. The first kappa shape index (κ1) is 23.6. The number of carbonyl (C=O) groups excluding carboxylic acids is 4. The molecular weight excluding hydrogens is 436 g/mol. The first-order valence-electron chi connectivity index (χ1n) is 11.2. The van der Waals surface area contributed by atoms with E-state index in [1.807, 2.05) is 0 Å². The van der Waals surface area contributed by atoms with Crippen molar-refractivity contribution in [3.05, 3.63) is 0 Å². The van der Waals surface area contributed by atoms with Crippen LogP contribution in [0, 0.1) is 11.8 Å². The zero-order valence-electron chi connectivity index (χ0n) is 19.5. The second-order valence-corrected chi connectivity index (χ2v) is 10.4. The lowest BCUT2D eigenvalue weighted by Crippen LogP contribution is -2.56. The van der Waals surface area contributed by atoms with Crippen molar-refractivity contribution < 1.29 is 38.1 Å². The average molecular weight is 469 g/mol. The normalized spacial score (nSPS) is 33.4. The molecule has 12 nitrogen and oxygen atoms in total. The molecule has 0 aromatic rings. The molecule has 0 radical (unpaired) electrons. The minimum Gasteiger partial charge on any atom is -0.444 e. The third kappa shape index (κ3) is 4.58. The first-order chi connectivity index (χ1) is 15.4. The Morgan fingerprint density at radius 3 is 2.21 bits per heavy atom. The van der Waals surface area contributed by atoms with Crippen molar-refractivity contribution in [3.8, 4) is 0 Å². The van der Waals surface area contributed by atoms with E-state index in [0.29, 0.717) is 13.2 Å². The van der Waals surface area contributed by atoms with E-state index in [1.165, 1.54) is 4.90 Å². The Morgan fingerprint density at radius 1 is 0.909 bits per heavy atom. The van der Waals surface area contributed by atoms with Gasteiger partial charge in [-0.1, -0.05) is 0 Å². The summed E-state index contributed by atoms with van der Waals surface area (Å²) in [5.74, 6) is -1.16. The van der Waals surface area contributed by atoms with E-state index in [4.69, 9.17) is 18.9 Å². The van der Waals surface area contributed by atoms with Gasteiger partial charge >= 0.3 is 12.2 Å². The molecule has 4 fully saturated rings.